The summed E-state index contributed by atoms with van der Waals surface area (Å²) in [5, 5.41) is 4.06. The summed E-state index contributed by atoms with van der Waals surface area (Å²) in [6.07, 6.45) is 3.67. The quantitative estimate of drug-likeness (QED) is 0.564. The highest BCUT2D eigenvalue weighted by Crippen LogP contribution is 1.86. The lowest BCUT2D eigenvalue weighted by Crippen LogP contribution is -2.11. The first-order valence-corrected chi connectivity index (χ1v) is 5.05. The van der Waals surface area contributed by atoms with E-state index in [1.54, 1.807) is 13.3 Å². The van der Waals surface area contributed by atoms with Crippen molar-refractivity contribution in [2.24, 2.45) is 0 Å². The molecular weight excluding hydrogens is 196 g/mol. The maximum Gasteiger partial charge on any atom is 0.0701 e. The van der Waals surface area contributed by atoms with Gasteiger partial charge in [-0.15, -0.1) is 0 Å². The zero-order valence-electron chi connectivity index (χ0n) is 9.09. The highest BCUT2D eigenvalue weighted by atomic mass is 16.5. The Balaban J connectivity index is 1.81. The summed E-state index contributed by atoms with van der Waals surface area (Å²) < 4.78 is 17.3. The normalized spacial score (nSPS) is 10.7. The van der Waals surface area contributed by atoms with Gasteiger partial charge < -0.3 is 14.2 Å². The van der Waals surface area contributed by atoms with Gasteiger partial charge in [0.2, 0.25) is 0 Å². The van der Waals surface area contributed by atoms with Crippen LogP contribution in [0.15, 0.2) is 18.5 Å². The predicted octanol–water partition coefficient (Wildman–Crippen LogP) is 0.563. The lowest BCUT2D eigenvalue weighted by molar-refractivity contribution is 0.0225. The zero-order chi connectivity index (χ0) is 10.8. The summed E-state index contributed by atoms with van der Waals surface area (Å²) in [5.41, 5.74) is 0. The number of ether oxygens (including phenoxy) is 3. The van der Waals surface area contributed by atoms with E-state index < -0.39 is 0 Å². The van der Waals surface area contributed by atoms with Crippen LogP contribution in [0, 0.1) is 0 Å². The van der Waals surface area contributed by atoms with Crippen LogP contribution in [0.1, 0.15) is 0 Å². The summed E-state index contributed by atoms with van der Waals surface area (Å²) in [7, 11) is 1.66. The van der Waals surface area contributed by atoms with Gasteiger partial charge in [-0.05, 0) is 6.07 Å². The summed E-state index contributed by atoms with van der Waals surface area (Å²) in [5.74, 6) is 0. The number of nitrogens with zero attached hydrogens (tertiary/aromatic N) is 2. The molecule has 0 bridgehead atoms. The number of aromatic nitrogens is 2. The standard InChI is InChI=1S/C10H18N2O3/c1-13-7-8-15-10-9-14-6-5-12-4-2-3-11-12/h2-4H,5-10H2,1H3. The molecule has 5 nitrogen and oxygen atoms in total. The van der Waals surface area contributed by atoms with E-state index >= 15 is 0 Å². The van der Waals surface area contributed by atoms with Crippen molar-refractivity contribution in [3.63, 3.8) is 0 Å². The molecule has 0 N–H and O–H groups in total. The van der Waals surface area contributed by atoms with Gasteiger partial charge in [0.05, 0.1) is 39.6 Å². The topological polar surface area (TPSA) is 45.5 Å². The molecule has 0 aliphatic heterocycles. The van der Waals surface area contributed by atoms with Crippen LogP contribution < -0.4 is 0 Å². The molecule has 1 rings (SSSR count). The van der Waals surface area contributed by atoms with E-state index in [0.717, 1.165) is 6.54 Å². The molecule has 0 aliphatic carbocycles. The largest absolute Gasteiger partial charge is 0.382 e. The Kier molecular flexibility index (Phi) is 6.81. The third-order valence-electron chi connectivity index (χ3n) is 1.83. The average Bonchev–Trinajstić information content (AvgIpc) is 2.75. The summed E-state index contributed by atoms with van der Waals surface area (Å²) in [6.45, 7) is 3.93. The fourth-order valence-electron chi connectivity index (χ4n) is 1.06. The molecule has 0 saturated heterocycles. The molecule has 0 radical (unpaired) electrons. The molecule has 15 heavy (non-hydrogen) atoms. The minimum atomic E-state index is 0.614. The maximum absolute atomic E-state index is 5.36. The highest BCUT2D eigenvalue weighted by molar-refractivity contribution is 4.77. The van der Waals surface area contributed by atoms with Crippen molar-refractivity contribution in [1.82, 2.24) is 9.78 Å². The minimum Gasteiger partial charge on any atom is -0.382 e. The van der Waals surface area contributed by atoms with Crippen LogP contribution in [0.25, 0.3) is 0 Å². The SMILES string of the molecule is COCCOCCOCCn1cccn1. The van der Waals surface area contributed by atoms with Gasteiger partial charge in [0.1, 0.15) is 0 Å². The van der Waals surface area contributed by atoms with Gasteiger partial charge >= 0.3 is 0 Å². The van der Waals surface area contributed by atoms with Crippen molar-refractivity contribution in [1.29, 1.82) is 0 Å². The Morgan fingerprint density at radius 3 is 2.47 bits per heavy atom. The van der Waals surface area contributed by atoms with E-state index in [2.05, 4.69) is 5.10 Å². The van der Waals surface area contributed by atoms with E-state index in [1.165, 1.54) is 0 Å². The Bertz CT molecular complexity index is 227. The molecule has 1 aromatic rings. The van der Waals surface area contributed by atoms with Crippen LogP contribution in [-0.4, -0.2) is 49.9 Å². The van der Waals surface area contributed by atoms with E-state index in [0.29, 0.717) is 33.0 Å². The Morgan fingerprint density at radius 2 is 1.80 bits per heavy atom. The van der Waals surface area contributed by atoms with Crippen LogP contribution in [-0.2, 0) is 20.8 Å². The Morgan fingerprint density at radius 1 is 1.07 bits per heavy atom. The molecule has 0 atom stereocenters. The van der Waals surface area contributed by atoms with E-state index in [1.807, 2.05) is 16.9 Å². The van der Waals surface area contributed by atoms with Crippen LogP contribution in [0.5, 0.6) is 0 Å². The lowest BCUT2D eigenvalue weighted by atomic mass is 10.6. The molecule has 86 valence electrons. The summed E-state index contributed by atoms with van der Waals surface area (Å²) in [6, 6.07) is 1.90. The lowest BCUT2D eigenvalue weighted by Gasteiger charge is -2.05. The average molecular weight is 214 g/mol. The molecule has 0 amide bonds. The molecule has 0 unspecified atom stereocenters. The number of rotatable bonds is 9. The number of methoxy groups -OCH3 is 1. The first-order valence-electron chi connectivity index (χ1n) is 5.05. The highest BCUT2D eigenvalue weighted by Gasteiger charge is 1.92. The summed E-state index contributed by atoms with van der Waals surface area (Å²) >= 11 is 0. The van der Waals surface area contributed by atoms with Crippen molar-refractivity contribution >= 4 is 0 Å². The van der Waals surface area contributed by atoms with Crippen molar-refractivity contribution < 1.29 is 14.2 Å². The molecule has 0 aliphatic rings. The van der Waals surface area contributed by atoms with Gasteiger partial charge in [-0.1, -0.05) is 0 Å². The Labute approximate surface area is 89.9 Å². The van der Waals surface area contributed by atoms with Gasteiger partial charge in [0, 0.05) is 19.5 Å². The number of hydrogen-bond acceptors (Lipinski definition) is 4. The molecule has 1 heterocycles. The smallest absolute Gasteiger partial charge is 0.0701 e. The second kappa shape index (κ2) is 8.40. The van der Waals surface area contributed by atoms with E-state index in [4.69, 9.17) is 14.2 Å². The molecule has 0 fully saturated rings. The van der Waals surface area contributed by atoms with Crippen LogP contribution >= 0.6 is 0 Å². The van der Waals surface area contributed by atoms with Crippen LogP contribution in [0.2, 0.25) is 0 Å². The first-order chi connectivity index (χ1) is 7.43. The van der Waals surface area contributed by atoms with Crippen molar-refractivity contribution in [2.45, 2.75) is 6.54 Å². The van der Waals surface area contributed by atoms with Gasteiger partial charge in [-0.25, -0.2) is 0 Å². The first kappa shape index (κ1) is 12.2. The van der Waals surface area contributed by atoms with Gasteiger partial charge in [0.15, 0.2) is 0 Å². The fraction of sp³-hybridized carbons (Fsp3) is 0.700. The van der Waals surface area contributed by atoms with Crippen molar-refractivity contribution in [3.05, 3.63) is 18.5 Å². The second-order valence-electron chi connectivity index (χ2n) is 2.99. The molecule has 0 aromatic carbocycles. The minimum absolute atomic E-state index is 0.614. The molecule has 0 saturated carbocycles. The third-order valence-corrected chi connectivity index (χ3v) is 1.83. The number of hydrogen-bond donors (Lipinski definition) is 0. The van der Waals surface area contributed by atoms with Crippen LogP contribution in [0.3, 0.4) is 0 Å². The Hall–Kier alpha value is -0.910. The van der Waals surface area contributed by atoms with Gasteiger partial charge in [0.25, 0.3) is 0 Å². The summed E-state index contributed by atoms with van der Waals surface area (Å²) in [4.78, 5) is 0. The molecule has 1 aromatic heterocycles. The van der Waals surface area contributed by atoms with E-state index in [-0.39, 0.29) is 0 Å². The molecule has 0 spiro atoms. The van der Waals surface area contributed by atoms with Gasteiger partial charge in [-0.2, -0.15) is 5.10 Å². The van der Waals surface area contributed by atoms with Crippen LogP contribution in [0.4, 0.5) is 0 Å². The second-order valence-corrected chi connectivity index (χ2v) is 2.99. The fourth-order valence-corrected chi connectivity index (χ4v) is 1.06. The monoisotopic (exact) mass is 214 g/mol. The predicted molar refractivity (Wildman–Crippen MR) is 55.7 cm³/mol. The zero-order valence-corrected chi connectivity index (χ0v) is 9.09. The van der Waals surface area contributed by atoms with Gasteiger partial charge in [-0.3, -0.25) is 4.68 Å². The molecule has 5 heteroatoms. The molecular formula is C10H18N2O3. The third kappa shape index (κ3) is 6.22. The maximum atomic E-state index is 5.36. The van der Waals surface area contributed by atoms with Crippen molar-refractivity contribution in [3.8, 4) is 0 Å². The van der Waals surface area contributed by atoms with Crippen molar-refractivity contribution in [2.75, 3.05) is 40.1 Å². The van der Waals surface area contributed by atoms with E-state index in [9.17, 15) is 0 Å².